The molecule has 1 aliphatic heterocycles. The van der Waals surface area contributed by atoms with Crippen LogP contribution in [0, 0.1) is 5.92 Å². The molecule has 3 heteroatoms. The third-order valence-electron chi connectivity index (χ3n) is 4.32. The monoisotopic (exact) mass is 264 g/mol. The fourth-order valence-corrected chi connectivity index (χ4v) is 3.61. The summed E-state index contributed by atoms with van der Waals surface area (Å²) in [6.45, 7) is 6.22. The van der Waals surface area contributed by atoms with Gasteiger partial charge in [0.25, 0.3) is 0 Å². The Bertz CT molecular complexity index is 359. The maximum atomic E-state index is 3.68. The van der Waals surface area contributed by atoms with Crippen molar-refractivity contribution in [3.8, 4) is 0 Å². The van der Waals surface area contributed by atoms with E-state index in [9.17, 15) is 0 Å². The van der Waals surface area contributed by atoms with E-state index in [4.69, 9.17) is 0 Å². The highest BCUT2D eigenvalue weighted by molar-refractivity contribution is 7.07. The summed E-state index contributed by atoms with van der Waals surface area (Å²) in [6, 6.07) is 3.83. The standard InChI is InChI=1S/C15H24N2S/c1-12(8-13-5-7-18-11-13)17-6-4-14(10-17)9-16-15-2-3-15/h5,7,11-12,14-16H,2-4,6,8-10H2,1H3. The molecule has 0 bridgehead atoms. The molecular weight excluding hydrogens is 240 g/mol. The van der Waals surface area contributed by atoms with Gasteiger partial charge < -0.3 is 5.32 Å². The van der Waals surface area contributed by atoms with Gasteiger partial charge in [-0.15, -0.1) is 0 Å². The van der Waals surface area contributed by atoms with Gasteiger partial charge in [-0.25, -0.2) is 0 Å². The van der Waals surface area contributed by atoms with Gasteiger partial charge in [0, 0.05) is 18.6 Å². The van der Waals surface area contributed by atoms with E-state index in [1.165, 1.54) is 50.9 Å². The average molecular weight is 264 g/mol. The molecule has 1 aromatic rings. The molecule has 1 N–H and O–H groups in total. The number of nitrogens with one attached hydrogen (secondary N) is 1. The topological polar surface area (TPSA) is 15.3 Å². The van der Waals surface area contributed by atoms with Crippen LogP contribution < -0.4 is 5.32 Å². The zero-order valence-corrected chi connectivity index (χ0v) is 12.1. The highest BCUT2D eigenvalue weighted by Gasteiger charge is 2.28. The first-order chi connectivity index (χ1) is 8.81. The SMILES string of the molecule is CC(Cc1ccsc1)N1CCC(CNC2CC2)C1. The molecule has 0 radical (unpaired) electrons. The van der Waals surface area contributed by atoms with Crippen LogP contribution >= 0.6 is 11.3 Å². The number of thiophene rings is 1. The van der Waals surface area contributed by atoms with Crippen molar-refractivity contribution in [1.29, 1.82) is 0 Å². The lowest BCUT2D eigenvalue weighted by molar-refractivity contribution is 0.247. The molecule has 2 nitrogen and oxygen atoms in total. The Morgan fingerprint density at radius 1 is 1.44 bits per heavy atom. The number of hydrogen-bond acceptors (Lipinski definition) is 3. The number of likely N-dealkylation sites (tertiary alicyclic amines) is 1. The van der Waals surface area contributed by atoms with E-state index in [0.717, 1.165) is 12.0 Å². The Balaban J connectivity index is 1.42. The second-order valence-corrected chi connectivity index (χ2v) is 6.80. The van der Waals surface area contributed by atoms with Gasteiger partial charge in [-0.05, 0) is 74.0 Å². The van der Waals surface area contributed by atoms with Crippen molar-refractivity contribution in [3.63, 3.8) is 0 Å². The number of hydrogen-bond donors (Lipinski definition) is 1. The van der Waals surface area contributed by atoms with E-state index in [-0.39, 0.29) is 0 Å². The summed E-state index contributed by atoms with van der Waals surface area (Å²) in [5.41, 5.74) is 1.51. The van der Waals surface area contributed by atoms with Gasteiger partial charge >= 0.3 is 0 Å². The van der Waals surface area contributed by atoms with Gasteiger partial charge in [0.05, 0.1) is 0 Å². The van der Waals surface area contributed by atoms with E-state index >= 15 is 0 Å². The van der Waals surface area contributed by atoms with Crippen molar-refractivity contribution >= 4 is 11.3 Å². The molecule has 3 rings (SSSR count). The van der Waals surface area contributed by atoms with E-state index in [0.29, 0.717) is 6.04 Å². The van der Waals surface area contributed by atoms with Crippen molar-refractivity contribution in [2.75, 3.05) is 19.6 Å². The summed E-state index contributed by atoms with van der Waals surface area (Å²) in [5, 5.41) is 8.16. The molecule has 2 aliphatic rings. The lowest BCUT2D eigenvalue weighted by atomic mass is 10.1. The predicted molar refractivity (Wildman–Crippen MR) is 78.2 cm³/mol. The zero-order chi connectivity index (χ0) is 12.4. The van der Waals surface area contributed by atoms with Gasteiger partial charge in [0.2, 0.25) is 0 Å². The molecule has 2 heterocycles. The molecule has 0 spiro atoms. The Kier molecular flexibility index (Phi) is 4.02. The largest absolute Gasteiger partial charge is 0.314 e. The van der Waals surface area contributed by atoms with Crippen LogP contribution in [0.3, 0.4) is 0 Å². The maximum Gasteiger partial charge on any atom is 0.0108 e. The molecule has 1 aliphatic carbocycles. The summed E-state index contributed by atoms with van der Waals surface area (Å²) >= 11 is 1.81. The molecule has 1 aromatic heterocycles. The molecule has 2 atom stereocenters. The normalized spacial score (nSPS) is 26.6. The minimum Gasteiger partial charge on any atom is -0.314 e. The average Bonchev–Trinajstić information content (AvgIpc) is 2.88. The van der Waals surface area contributed by atoms with Crippen LogP contribution in [0.4, 0.5) is 0 Å². The molecule has 1 saturated carbocycles. The molecule has 100 valence electrons. The van der Waals surface area contributed by atoms with Crippen molar-refractivity contribution in [2.24, 2.45) is 5.92 Å². The van der Waals surface area contributed by atoms with E-state index < -0.39 is 0 Å². The minimum absolute atomic E-state index is 0.700. The summed E-state index contributed by atoms with van der Waals surface area (Å²) in [5.74, 6) is 0.885. The summed E-state index contributed by atoms with van der Waals surface area (Å²) < 4.78 is 0. The molecular formula is C15H24N2S. The van der Waals surface area contributed by atoms with Crippen LogP contribution in [0.25, 0.3) is 0 Å². The Morgan fingerprint density at radius 3 is 3.06 bits per heavy atom. The minimum atomic E-state index is 0.700. The maximum absolute atomic E-state index is 3.68. The van der Waals surface area contributed by atoms with E-state index in [1.54, 1.807) is 0 Å². The van der Waals surface area contributed by atoms with Crippen LogP contribution in [0.1, 0.15) is 31.7 Å². The van der Waals surface area contributed by atoms with Crippen LogP contribution in [0.2, 0.25) is 0 Å². The third-order valence-corrected chi connectivity index (χ3v) is 5.06. The highest BCUT2D eigenvalue weighted by Crippen LogP contribution is 2.23. The first-order valence-electron chi connectivity index (χ1n) is 7.30. The molecule has 0 aromatic carbocycles. The van der Waals surface area contributed by atoms with Crippen molar-refractivity contribution in [2.45, 2.75) is 44.7 Å². The van der Waals surface area contributed by atoms with Crippen LogP contribution in [-0.4, -0.2) is 36.6 Å². The molecule has 18 heavy (non-hydrogen) atoms. The summed E-state index contributed by atoms with van der Waals surface area (Å²) in [7, 11) is 0. The number of rotatable bonds is 6. The summed E-state index contributed by atoms with van der Waals surface area (Å²) in [4.78, 5) is 2.68. The Morgan fingerprint density at radius 2 is 2.33 bits per heavy atom. The zero-order valence-electron chi connectivity index (χ0n) is 11.3. The lowest BCUT2D eigenvalue weighted by Gasteiger charge is -2.24. The van der Waals surface area contributed by atoms with E-state index in [1.807, 2.05) is 11.3 Å². The van der Waals surface area contributed by atoms with Gasteiger partial charge in [0.1, 0.15) is 0 Å². The van der Waals surface area contributed by atoms with E-state index in [2.05, 4.69) is 34.0 Å². The Labute approximate surface area is 114 Å². The Hall–Kier alpha value is -0.380. The smallest absolute Gasteiger partial charge is 0.0108 e. The fourth-order valence-electron chi connectivity index (χ4n) is 2.93. The van der Waals surface area contributed by atoms with Crippen LogP contribution in [0.5, 0.6) is 0 Å². The first-order valence-corrected chi connectivity index (χ1v) is 8.24. The van der Waals surface area contributed by atoms with Gasteiger partial charge in [-0.2, -0.15) is 11.3 Å². The fraction of sp³-hybridized carbons (Fsp3) is 0.733. The van der Waals surface area contributed by atoms with Crippen molar-refractivity contribution in [3.05, 3.63) is 22.4 Å². The predicted octanol–water partition coefficient (Wildman–Crippen LogP) is 2.75. The first kappa shape index (κ1) is 12.6. The second kappa shape index (κ2) is 5.72. The van der Waals surface area contributed by atoms with Gasteiger partial charge in [-0.1, -0.05) is 0 Å². The molecule has 2 unspecified atom stereocenters. The van der Waals surface area contributed by atoms with Crippen LogP contribution in [-0.2, 0) is 6.42 Å². The molecule has 1 saturated heterocycles. The van der Waals surface area contributed by atoms with Gasteiger partial charge in [-0.3, -0.25) is 4.90 Å². The van der Waals surface area contributed by atoms with Gasteiger partial charge in [0.15, 0.2) is 0 Å². The second-order valence-electron chi connectivity index (χ2n) is 6.02. The third kappa shape index (κ3) is 3.34. The molecule has 0 amide bonds. The molecule has 2 fully saturated rings. The lowest BCUT2D eigenvalue weighted by Crippen LogP contribution is -2.34. The number of nitrogens with zero attached hydrogens (tertiary/aromatic N) is 1. The van der Waals surface area contributed by atoms with Crippen molar-refractivity contribution < 1.29 is 0 Å². The summed E-state index contributed by atoms with van der Waals surface area (Å²) in [6.07, 6.45) is 5.41. The highest BCUT2D eigenvalue weighted by atomic mass is 32.1. The van der Waals surface area contributed by atoms with Crippen LogP contribution in [0.15, 0.2) is 16.8 Å². The quantitative estimate of drug-likeness (QED) is 0.850. The van der Waals surface area contributed by atoms with Crippen molar-refractivity contribution in [1.82, 2.24) is 10.2 Å².